The fourth-order valence-electron chi connectivity index (χ4n) is 0.327. The zero-order chi connectivity index (χ0) is 7.98. The van der Waals surface area contributed by atoms with E-state index in [0.29, 0.717) is 11.9 Å². The Hall–Kier alpha value is -0.380. The number of carbonyl (C=O) groups excluding carboxylic acids is 1. The first-order valence-corrected chi connectivity index (χ1v) is 4.13. The molecule has 0 aromatic rings. The minimum Gasteiger partial charge on any atom is -0.449 e. The molecule has 0 aromatic carbocycles. The minimum atomic E-state index is -0.360. The van der Waals surface area contributed by atoms with Gasteiger partial charge in [0.15, 0.2) is 0 Å². The van der Waals surface area contributed by atoms with Crippen molar-refractivity contribution in [2.24, 2.45) is 0 Å². The third-order valence-electron chi connectivity index (χ3n) is 0.653. The van der Waals surface area contributed by atoms with Crippen molar-refractivity contribution in [3.63, 3.8) is 0 Å². The van der Waals surface area contributed by atoms with Crippen LogP contribution in [-0.2, 0) is 4.74 Å². The van der Waals surface area contributed by atoms with Crippen LogP contribution in [0.3, 0.4) is 0 Å². The Morgan fingerprint density at radius 3 is 2.70 bits per heavy atom. The molecule has 0 aliphatic carbocycles. The molecule has 3 nitrogen and oxygen atoms in total. The number of nitrogens with one attached hydrogen (secondary N) is 1. The second-order valence-corrected chi connectivity index (χ2v) is 3.37. The van der Waals surface area contributed by atoms with Gasteiger partial charge >= 0.3 is 6.09 Å². The third-order valence-corrected chi connectivity index (χ3v) is 1.41. The van der Waals surface area contributed by atoms with Crippen molar-refractivity contribution in [3.8, 4) is 0 Å². The molecule has 0 aliphatic rings. The molecule has 0 radical (unpaired) electrons. The monoisotopic (exact) mass is 163 g/mol. The summed E-state index contributed by atoms with van der Waals surface area (Å²) in [4.78, 5) is 10.6. The standard InChI is InChI=1S/C6H13NO2S/c1-4-9-6(8)7-10-5(2)3/h5H,4H2,1-3H3,(H,7,8). The van der Waals surface area contributed by atoms with Gasteiger partial charge in [-0.1, -0.05) is 13.8 Å². The van der Waals surface area contributed by atoms with Gasteiger partial charge in [0.25, 0.3) is 0 Å². The molecule has 0 aliphatic heterocycles. The van der Waals surface area contributed by atoms with Crippen molar-refractivity contribution in [1.29, 1.82) is 0 Å². The lowest BCUT2D eigenvalue weighted by Gasteiger charge is -2.05. The molecule has 0 rings (SSSR count). The number of carbonyl (C=O) groups is 1. The molecule has 4 heteroatoms. The lowest BCUT2D eigenvalue weighted by atomic mass is 10.6. The summed E-state index contributed by atoms with van der Waals surface area (Å²) in [5, 5.41) is 0.393. The largest absolute Gasteiger partial charge is 0.449 e. The highest BCUT2D eigenvalue weighted by Crippen LogP contribution is 2.02. The highest BCUT2D eigenvalue weighted by molar-refractivity contribution is 7.98. The van der Waals surface area contributed by atoms with Crippen LogP contribution in [0.5, 0.6) is 0 Å². The van der Waals surface area contributed by atoms with E-state index in [4.69, 9.17) is 0 Å². The Labute approximate surface area is 65.6 Å². The lowest BCUT2D eigenvalue weighted by Crippen LogP contribution is -2.18. The predicted octanol–water partition coefficient (Wildman–Crippen LogP) is 1.79. The maximum atomic E-state index is 10.6. The molecule has 0 bridgehead atoms. The van der Waals surface area contributed by atoms with E-state index in [2.05, 4.69) is 9.46 Å². The second kappa shape index (κ2) is 5.41. The predicted molar refractivity (Wildman–Crippen MR) is 42.9 cm³/mol. The van der Waals surface area contributed by atoms with Crippen LogP contribution in [0.1, 0.15) is 20.8 Å². The first-order valence-electron chi connectivity index (χ1n) is 3.25. The van der Waals surface area contributed by atoms with Gasteiger partial charge in [0.2, 0.25) is 0 Å². The van der Waals surface area contributed by atoms with E-state index in [1.807, 2.05) is 13.8 Å². The molecule has 0 unspecified atom stereocenters. The number of amides is 1. The van der Waals surface area contributed by atoms with E-state index in [1.165, 1.54) is 11.9 Å². The maximum Gasteiger partial charge on any atom is 0.417 e. The number of rotatable bonds is 3. The molecule has 0 atom stereocenters. The van der Waals surface area contributed by atoms with Crippen LogP contribution >= 0.6 is 11.9 Å². The lowest BCUT2D eigenvalue weighted by molar-refractivity contribution is 0.159. The van der Waals surface area contributed by atoms with Gasteiger partial charge in [0.1, 0.15) is 0 Å². The molecule has 0 heterocycles. The van der Waals surface area contributed by atoms with Gasteiger partial charge in [-0.3, -0.25) is 4.72 Å². The van der Waals surface area contributed by atoms with Crippen LogP contribution in [0.25, 0.3) is 0 Å². The average molecular weight is 163 g/mol. The topological polar surface area (TPSA) is 38.3 Å². The van der Waals surface area contributed by atoms with Crippen molar-refractivity contribution < 1.29 is 9.53 Å². The molecule has 0 fully saturated rings. The smallest absolute Gasteiger partial charge is 0.417 e. The van der Waals surface area contributed by atoms with E-state index in [-0.39, 0.29) is 6.09 Å². The Kier molecular flexibility index (Phi) is 5.20. The van der Waals surface area contributed by atoms with Crippen molar-refractivity contribution in [2.45, 2.75) is 26.0 Å². The molecular formula is C6H13NO2S. The summed E-state index contributed by atoms with van der Waals surface area (Å²) < 4.78 is 7.16. The van der Waals surface area contributed by atoms with E-state index in [0.717, 1.165) is 0 Å². The normalized spacial score (nSPS) is 9.60. The van der Waals surface area contributed by atoms with E-state index in [9.17, 15) is 4.79 Å². The van der Waals surface area contributed by atoms with Crippen molar-refractivity contribution in [3.05, 3.63) is 0 Å². The molecule has 60 valence electrons. The zero-order valence-corrected chi connectivity index (χ0v) is 7.33. The summed E-state index contributed by atoms with van der Waals surface area (Å²) in [7, 11) is 0. The Bertz CT molecular complexity index is 106. The van der Waals surface area contributed by atoms with Gasteiger partial charge in [0, 0.05) is 5.25 Å². The summed E-state index contributed by atoms with van der Waals surface area (Å²) in [5.41, 5.74) is 0. The Morgan fingerprint density at radius 2 is 2.30 bits per heavy atom. The molecule has 0 spiro atoms. The van der Waals surface area contributed by atoms with Gasteiger partial charge in [-0.2, -0.15) is 0 Å². The van der Waals surface area contributed by atoms with E-state index >= 15 is 0 Å². The van der Waals surface area contributed by atoms with Crippen LogP contribution in [0.4, 0.5) is 4.79 Å². The average Bonchev–Trinajstić information content (AvgIpc) is 1.85. The Morgan fingerprint density at radius 1 is 1.70 bits per heavy atom. The first kappa shape index (κ1) is 9.62. The van der Waals surface area contributed by atoms with Crippen LogP contribution in [0.15, 0.2) is 0 Å². The van der Waals surface area contributed by atoms with Crippen LogP contribution in [0.2, 0.25) is 0 Å². The van der Waals surface area contributed by atoms with Gasteiger partial charge in [-0.05, 0) is 18.9 Å². The van der Waals surface area contributed by atoms with E-state index in [1.54, 1.807) is 6.92 Å². The molecule has 0 saturated heterocycles. The van der Waals surface area contributed by atoms with Crippen molar-refractivity contribution >= 4 is 18.0 Å². The maximum absolute atomic E-state index is 10.6. The van der Waals surface area contributed by atoms with Crippen LogP contribution < -0.4 is 4.72 Å². The third kappa shape index (κ3) is 5.75. The molecule has 1 N–H and O–H groups in total. The SMILES string of the molecule is CCOC(=O)NSC(C)C. The summed E-state index contributed by atoms with van der Waals surface area (Å²) in [5.74, 6) is 0. The van der Waals surface area contributed by atoms with Gasteiger partial charge < -0.3 is 4.74 Å². The van der Waals surface area contributed by atoms with Gasteiger partial charge in [-0.25, -0.2) is 4.79 Å². The summed E-state index contributed by atoms with van der Waals surface area (Å²) in [6, 6.07) is 0. The fourth-order valence-corrected chi connectivity index (χ4v) is 0.717. The van der Waals surface area contributed by atoms with E-state index < -0.39 is 0 Å². The molecular weight excluding hydrogens is 150 g/mol. The molecule has 0 aromatic heterocycles. The molecule has 1 amide bonds. The van der Waals surface area contributed by atoms with Crippen molar-refractivity contribution in [2.75, 3.05) is 6.61 Å². The molecule has 0 saturated carbocycles. The fraction of sp³-hybridized carbons (Fsp3) is 0.833. The summed E-state index contributed by atoms with van der Waals surface area (Å²) in [6.07, 6.45) is -0.360. The van der Waals surface area contributed by atoms with Crippen LogP contribution in [-0.4, -0.2) is 18.0 Å². The molecule has 10 heavy (non-hydrogen) atoms. The number of ether oxygens (including phenoxy) is 1. The van der Waals surface area contributed by atoms with Crippen LogP contribution in [0, 0.1) is 0 Å². The first-order chi connectivity index (χ1) is 4.66. The number of hydrogen-bond acceptors (Lipinski definition) is 3. The highest BCUT2D eigenvalue weighted by Gasteiger charge is 2.00. The minimum absolute atomic E-state index is 0.360. The highest BCUT2D eigenvalue weighted by atomic mass is 32.2. The summed E-state index contributed by atoms with van der Waals surface area (Å²) >= 11 is 1.35. The quantitative estimate of drug-likeness (QED) is 0.644. The Balaban J connectivity index is 3.22. The van der Waals surface area contributed by atoms with Gasteiger partial charge in [0.05, 0.1) is 6.61 Å². The van der Waals surface area contributed by atoms with Crippen molar-refractivity contribution in [1.82, 2.24) is 4.72 Å². The zero-order valence-electron chi connectivity index (χ0n) is 6.51. The summed E-state index contributed by atoms with van der Waals surface area (Å²) in [6.45, 7) is 6.19. The van der Waals surface area contributed by atoms with Gasteiger partial charge in [-0.15, -0.1) is 0 Å². The number of hydrogen-bond donors (Lipinski definition) is 1. The second-order valence-electron chi connectivity index (χ2n) is 1.99.